The molecule has 0 aromatic heterocycles. The van der Waals surface area contributed by atoms with Crippen LogP contribution in [0.5, 0.6) is 0 Å². The van der Waals surface area contributed by atoms with E-state index in [-0.39, 0.29) is 18.5 Å². The first-order chi connectivity index (χ1) is 46.2. The van der Waals surface area contributed by atoms with Gasteiger partial charge in [-0.3, -0.25) is 9.59 Å². The van der Waals surface area contributed by atoms with Crippen molar-refractivity contribution < 1.29 is 49.3 Å². The SMILES string of the molecule is CCCCCCCCC/C=C/C(O)C(COC1OC(CO)C(O)C(O)C1O)NC(=O)CCCCCCCCCCCCCCCCCCC/C=C\C/C=C\CCCCCCCCCCCCCCCCCOC(=O)CCCCCCCCCCCCCCCCCCCC. The number of carbonyl (C=O) groups excluding carboxylic acids is 2. The highest BCUT2D eigenvalue weighted by atomic mass is 16.7. The number of esters is 1. The molecule has 6 N–H and O–H groups in total. The standard InChI is InChI=1S/C83H157NO10/c1-3-5-7-9-11-13-14-15-16-17-42-45-48-51-55-59-63-67-71-79(88)92-72-68-64-60-56-52-49-46-43-40-38-36-34-32-30-28-26-24-22-20-18-19-21-23-25-27-29-31-33-35-37-39-41-44-47-50-54-58-62-66-70-78(87)84-75(76(86)69-65-61-57-53-12-10-8-6-4-2)74-93-83-82(91)81(90)80(89)77(73-85)94-83/h18-19,22,24,65,69,75-77,80-83,85-86,89-91H,3-17,20-21,23,25-64,66-68,70-74H2,1-2H3,(H,84,87)/b19-18-,24-22-,69-65+. The molecule has 0 bridgehead atoms. The summed E-state index contributed by atoms with van der Waals surface area (Å²) in [4.78, 5) is 25.2. The molecule has 0 saturated carbocycles. The van der Waals surface area contributed by atoms with Crippen LogP contribution in [0.4, 0.5) is 0 Å². The Hall–Kier alpha value is -2.12. The molecule has 0 aromatic carbocycles. The second-order valence-electron chi connectivity index (χ2n) is 28.8. The Morgan fingerprint density at radius 2 is 0.713 bits per heavy atom. The molecular weight excluding hydrogens is 1170 g/mol. The third-order valence-electron chi connectivity index (χ3n) is 19.7. The van der Waals surface area contributed by atoms with Crippen molar-refractivity contribution >= 4 is 11.9 Å². The normalized spacial score (nSPS) is 17.5. The Kier molecular flexibility index (Phi) is 69.0. The molecule has 554 valence electrons. The molecule has 1 rings (SSSR count). The zero-order chi connectivity index (χ0) is 67.9. The van der Waals surface area contributed by atoms with Crippen LogP contribution in [0.1, 0.15) is 418 Å². The topological polar surface area (TPSA) is 175 Å². The maximum absolute atomic E-state index is 13.0. The van der Waals surface area contributed by atoms with Crippen molar-refractivity contribution in [2.45, 2.75) is 461 Å². The summed E-state index contributed by atoms with van der Waals surface area (Å²) in [6.07, 6.45) is 85.0. The van der Waals surface area contributed by atoms with Gasteiger partial charge < -0.3 is 45.1 Å². The summed E-state index contributed by atoms with van der Waals surface area (Å²) in [7, 11) is 0. The molecule has 0 aliphatic carbocycles. The molecule has 7 atom stereocenters. The van der Waals surface area contributed by atoms with Crippen LogP contribution in [0.25, 0.3) is 0 Å². The fourth-order valence-corrected chi connectivity index (χ4v) is 13.3. The fraction of sp³-hybridized carbons (Fsp3) is 0.904. The van der Waals surface area contributed by atoms with Gasteiger partial charge in [0.25, 0.3) is 0 Å². The van der Waals surface area contributed by atoms with E-state index in [2.05, 4.69) is 43.5 Å². The van der Waals surface area contributed by atoms with E-state index < -0.39 is 49.5 Å². The minimum atomic E-state index is -1.57. The van der Waals surface area contributed by atoms with Gasteiger partial charge in [0, 0.05) is 12.8 Å². The van der Waals surface area contributed by atoms with Crippen molar-refractivity contribution in [1.82, 2.24) is 5.32 Å². The van der Waals surface area contributed by atoms with Crippen LogP contribution < -0.4 is 5.32 Å². The highest BCUT2D eigenvalue weighted by Crippen LogP contribution is 2.24. The summed E-state index contributed by atoms with van der Waals surface area (Å²) in [5, 5.41) is 54.4. The number of hydrogen-bond acceptors (Lipinski definition) is 10. The first-order valence-electron chi connectivity index (χ1n) is 41.3. The lowest BCUT2D eigenvalue weighted by atomic mass is 9.99. The molecule has 1 heterocycles. The van der Waals surface area contributed by atoms with Crippen LogP contribution in [-0.4, -0.2) is 100 Å². The van der Waals surface area contributed by atoms with Gasteiger partial charge in [-0.2, -0.15) is 0 Å². The van der Waals surface area contributed by atoms with Gasteiger partial charge in [0.1, 0.15) is 24.4 Å². The number of hydrogen-bond donors (Lipinski definition) is 6. The van der Waals surface area contributed by atoms with E-state index in [4.69, 9.17) is 14.2 Å². The van der Waals surface area contributed by atoms with E-state index in [1.807, 2.05) is 6.08 Å². The largest absolute Gasteiger partial charge is 0.466 e. The predicted octanol–water partition coefficient (Wildman–Crippen LogP) is 22.5. The van der Waals surface area contributed by atoms with E-state index >= 15 is 0 Å². The lowest BCUT2D eigenvalue weighted by Gasteiger charge is -2.40. The number of aliphatic hydroxyl groups excluding tert-OH is 5. The first-order valence-corrected chi connectivity index (χ1v) is 41.3. The minimum Gasteiger partial charge on any atom is -0.466 e. The van der Waals surface area contributed by atoms with Gasteiger partial charge in [-0.1, -0.05) is 378 Å². The molecule has 1 aliphatic heterocycles. The zero-order valence-electron chi connectivity index (χ0n) is 62.0. The van der Waals surface area contributed by atoms with Crippen molar-refractivity contribution in [1.29, 1.82) is 0 Å². The van der Waals surface area contributed by atoms with Crippen molar-refractivity contribution in [3.8, 4) is 0 Å². The van der Waals surface area contributed by atoms with Gasteiger partial charge in [0.15, 0.2) is 6.29 Å². The van der Waals surface area contributed by atoms with Gasteiger partial charge in [0.05, 0.1) is 32.0 Å². The Morgan fingerprint density at radius 1 is 0.394 bits per heavy atom. The number of ether oxygens (including phenoxy) is 3. The predicted molar refractivity (Wildman–Crippen MR) is 398 cm³/mol. The maximum Gasteiger partial charge on any atom is 0.305 e. The number of nitrogens with one attached hydrogen (secondary N) is 1. The highest BCUT2D eigenvalue weighted by Gasteiger charge is 2.44. The zero-order valence-corrected chi connectivity index (χ0v) is 62.0. The minimum absolute atomic E-state index is 0.0198. The first kappa shape index (κ1) is 89.9. The Labute approximate surface area is 581 Å². The summed E-state index contributed by atoms with van der Waals surface area (Å²) < 4.78 is 16.8. The Morgan fingerprint density at radius 3 is 1.07 bits per heavy atom. The summed E-state index contributed by atoms with van der Waals surface area (Å²) in [6, 6.07) is -0.806. The van der Waals surface area contributed by atoms with Crippen LogP contribution in [0.3, 0.4) is 0 Å². The van der Waals surface area contributed by atoms with Crippen LogP contribution >= 0.6 is 0 Å². The van der Waals surface area contributed by atoms with E-state index in [1.165, 1.54) is 334 Å². The second kappa shape index (κ2) is 72.1. The monoisotopic (exact) mass is 1330 g/mol. The smallest absolute Gasteiger partial charge is 0.305 e. The van der Waals surface area contributed by atoms with Crippen LogP contribution in [0.2, 0.25) is 0 Å². The number of carbonyl (C=O) groups is 2. The number of amides is 1. The van der Waals surface area contributed by atoms with Crippen molar-refractivity contribution in [3.63, 3.8) is 0 Å². The van der Waals surface area contributed by atoms with E-state index in [0.29, 0.717) is 19.4 Å². The van der Waals surface area contributed by atoms with Crippen LogP contribution in [-0.2, 0) is 23.8 Å². The van der Waals surface area contributed by atoms with Crippen molar-refractivity contribution in [2.75, 3.05) is 19.8 Å². The number of allylic oxidation sites excluding steroid dienone is 5. The lowest BCUT2D eigenvalue weighted by molar-refractivity contribution is -0.302. The second-order valence-corrected chi connectivity index (χ2v) is 28.8. The highest BCUT2D eigenvalue weighted by molar-refractivity contribution is 5.76. The van der Waals surface area contributed by atoms with E-state index in [9.17, 15) is 35.1 Å². The van der Waals surface area contributed by atoms with Crippen molar-refractivity contribution in [2.24, 2.45) is 0 Å². The molecule has 0 spiro atoms. The summed E-state index contributed by atoms with van der Waals surface area (Å²) >= 11 is 0. The molecule has 11 heteroatoms. The fourth-order valence-electron chi connectivity index (χ4n) is 13.3. The van der Waals surface area contributed by atoms with Gasteiger partial charge in [-0.25, -0.2) is 0 Å². The molecule has 94 heavy (non-hydrogen) atoms. The van der Waals surface area contributed by atoms with Gasteiger partial charge in [-0.05, 0) is 64.2 Å². The van der Waals surface area contributed by atoms with Gasteiger partial charge >= 0.3 is 5.97 Å². The third-order valence-corrected chi connectivity index (χ3v) is 19.7. The van der Waals surface area contributed by atoms with Crippen molar-refractivity contribution in [3.05, 3.63) is 36.5 Å². The van der Waals surface area contributed by atoms with Gasteiger partial charge in [0.2, 0.25) is 5.91 Å². The number of unbranched alkanes of at least 4 members (excludes halogenated alkanes) is 56. The molecular formula is C83H157NO10. The third kappa shape index (κ3) is 59.9. The van der Waals surface area contributed by atoms with Gasteiger partial charge in [-0.15, -0.1) is 0 Å². The van der Waals surface area contributed by atoms with Crippen LogP contribution in [0.15, 0.2) is 36.5 Å². The van der Waals surface area contributed by atoms with Crippen LogP contribution in [0, 0.1) is 0 Å². The molecule has 1 saturated heterocycles. The average molecular weight is 1330 g/mol. The molecule has 1 aliphatic rings. The number of aliphatic hydroxyl groups is 5. The Balaban J connectivity index is 1.84. The van der Waals surface area contributed by atoms with E-state index in [0.717, 1.165) is 57.8 Å². The summed E-state index contributed by atoms with van der Waals surface area (Å²) in [5.41, 5.74) is 0. The maximum atomic E-state index is 13.0. The summed E-state index contributed by atoms with van der Waals surface area (Å²) in [6.45, 7) is 4.37. The molecule has 11 nitrogen and oxygen atoms in total. The Bertz CT molecular complexity index is 1660. The molecule has 0 radical (unpaired) electrons. The molecule has 0 aromatic rings. The number of rotatable bonds is 74. The lowest BCUT2D eigenvalue weighted by Crippen LogP contribution is -2.60. The summed E-state index contributed by atoms with van der Waals surface area (Å²) in [5.74, 6) is -0.159. The molecule has 7 unspecified atom stereocenters. The quantitative estimate of drug-likeness (QED) is 0.0195. The molecule has 1 amide bonds. The molecule has 1 fully saturated rings. The van der Waals surface area contributed by atoms with E-state index in [1.54, 1.807) is 6.08 Å². The average Bonchev–Trinajstić information content (AvgIpc) is 0.834.